The van der Waals surface area contributed by atoms with Crippen LogP contribution in [0.15, 0.2) is 5.16 Å². The first-order valence-corrected chi connectivity index (χ1v) is 6.48. The molecule has 1 unspecified atom stereocenters. The molecule has 6 heteroatoms. The average Bonchev–Trinajstić information content (AvgIpc) is 2.83. The molecule has 0 spiro atoms. The van der Waals surface area contributed by atoms with Gasteiger partial charge >= 0.3 is 0 Å². The van der Waals surface area contributed by atoms with Gasteiger partial charge in [-0.15, -0.1) is 0 Å². The molecule has 0 aromatic carbocycles. The molecule has 0 saturated carbocycles. The van der Waals surface area contributed by atoms with Gasteiger partial charge in [-0.1, -0.05) is 5.16 Å². The van der Waals surface area contributed by atoms with Crippen molar-refractivity contribution in [2.24, 2.45) is 16.3 Å². The average molecular weight is 255 g/mol. The minimum absolute atomic E-state index is 0.00824. The number of rotatable bonds is 2. The highest BCUT2D eigenvalue weighted by Crippen LogP contribution is 2.35. The highest BCUT2D eigenvalue weighted by Gasteiger charge is 2.48. The molecule has 1 amide bonds. The van der Waals surface area contributed by atoms with Crippen LogP contribution in [0.5, 0.6) is 0 Å². The fourth-order valence-corrected chi connectivity index (χ4v) is 2.91. The lowest BCUT2D eigenvalue weighted by atomic mass is 9.77. The molecule has 0 bridgehead atoms. The number of ether oxygens (including phenoxy) is 1. The summed E-state index contributed by atoms with van der Waals surface area (Å²) in [4.78, 5) is 14.6. The maximum absolute atomic E-state index is 12.7. The largest absolute Gasteiger partial charge is 0.409 e. The van der Waals surface area contributed by atoms with Gasteiger partial charge in [0.2, 0.25) is 5.91 Å². The van der Waals surface area contributed by atoms with Crippen molar-refractivity contribution >= 4 is 11.7 Å². The van der Waals surface area contributed by atoms with Gasteiger partial charge in [0.15, 0.2) is 5.84 Å². The van der Waals surface area contributed by atoms with Crippen LogP contribution in [0.2, 0.25) is 0 Å². The molecular weight excluding hydrogens is 234 g/mol. The highest BCUT2D eigenvalue weighted by molar-refractivity contribution is 6.07. The number of nitrogens with two attached hydrogens (primary N) is 1. The Kier molecular flexibility index (Phi) is 3.75. The zero-order valence-electron chi connectivity index (χ0n) is 10.8. The van der Waals surface area contributed by atoms with E-state index in [9.17, 15) is 4.79 Å². The predicted octanol–water partition coefficient (Wildman–Crippen LogP) is 0.540. The van der Waals surface area contributed by atoms with Crippen LogP contribution in [-0.2, 0) is 9.53 Å². The monoisotopic (exact) mass is 255 g/mol. The molecule has 3 N–H and O–H groups in total. The van der Waals surface area contributed by atoms with E-state index in [4.69, 9.17) is 15.7 Å². The van der Waals surface area contributed by atoms with Gasteiger partial charge in [0.05, 0.1) is 0 Å². The standard InChI is InChI=1S/C12H21N3O3/c1-9-3-2-6-15(9)11(16)12(10(13)14-17)4-7-18-8-5-12/h9,17H,2-8H2,1H3,(H2,13,14). The van der Waals surface area contributed by atoms with E-state index in [-0.39, 0.29) is 17.8 Å². The van der Waals surface area contributed by atoms with E-state index in [2.05, 4.69) is 5.16 Å². The fourth-order valence-electron chi connectivity index (χ4n) is 2.91. The number of amidine groups is 1. The summed E-state index contributed by atoms with van der Waals surface area (Å²) in [5.74, 6) is 0.0148. The topological polar surface area (TPSA) is 88.2 Å². The van der Waals surface area contributed by atoms with Crippen molar-refractivity contribution < 1.29 is 14.7 Å². The van der Waals surface area contributed by atoms with E-state index in [1.165, 1.54) is 0 Å². The molecule has 2 aliphatic heterocycles. The van der Waals surface area contributed by atoms with E-state index in [1.54, 1.807) is 0 Å². The molecule has 2 saturated heterocycles. The number of carbonyl (C=O) groups excluding carboxylic acids is 1. The first-order chi connectivity index (χ1) is 8.62. The molecule has 2 aliphatic rings. The van der Waals surface area contributed by atoms with E-state index >= 15 is 0 Å². The highest BCUT2D eigenvalue weighted by atomic mass is 16.5. The molecular formula is C12H21N3O3. The molecule has 0 aromatic rings. The molecule has 0 aromatic heterocycles. The van der Waals surface area contributed by atoms with Crippen LogP contribution in [0.3, 0.4) is 0 Å². The first-order valence-electron chi connectivity index (χ1n) is 6.48. The Labute approximate surface area is 107 Å². The number of amides is 1. The van der Waals surface area contributed by atoms with Gasteiger partial charge in [-0.2, -0.15) is 0 Å². The third-order valence-corrected chi connectivity index (χ3v) is 4.17. The van der Waals surface area contributed by atoms with Gasteiger partial charge in [0, 0.05) is 25.8 Å². The minimum Gasteiger partial charge on any atom is -0.409 e. The van der Waals surface area contributed by atoms with Crippen molar-refractivity contribution in [3.63, 3.8) is 0 Å². The van der Waals surface area contributed by atoms with E-state index in [1.807, 2.05) is 11.8 Å². The maximum atomic E-state index is 12.7. The zero-order chi connectivity index (χ0) is 13.2. The van der Waals surface area contributed by atoms with Crippen molar-refractivity contribution in [3.8, 4) is 0 Å². The van der Waals surface area contributed by atoms with Crippen LogP contribution < -0.4 is 5.73 Å². The molecule has 2 rings (SSSR count). The molecule has 2 fully saturated rings. The van der Waals surface area contributed by atoms with Crippen molar-refractivity contribution in [2.75, 3.05) is 19.8 Å². The molecule has 18 heavy (non-hydrogen) atoms. The third-order valence-electron chi connectivity index (χ3n) is 4.17. The van der Waals surface area contributed by atoms with Gasteiger partial charge in [0.25, 0.3) is 0 Å². The quantitative estimate of drug-likeness (QED) is 0.326. The van der Waals surface area contributed by atoms with Crippen LogP contribution >= 0.6 is 0 Å². The van der Waals surface area contributed by atoms with Gasteiger partial charge in [0.1, 0.15) is 5.41 Å². The lowest BCUT2D eigenvalue weighted by Crippen LogP contribution is -2.54. The Hall–Kier alpha value is -1.30. The summed E-state index contributed by atoms with van der Waals surface area (Å²) in [5, 5.41) is 12.1. The number of likely N-dealkylation sites (tertiary alicyclic amines) is 1. The Morgan fingerprint density at radius 3 is 2.67 bits per heavy atom. The van der Waals surface area contributed by atoms with Gasteiger partial charge in [-0.05, 0) is 32.6 Å². The Balaban J connectivity index is 2.26. The van der Waals surface area contributed by atoms with Crippen LogP contribution in [0.4, 0.5) is 0 Å². The number of oxime groups is 1. The molecule has 2 heterocycles. The second-order valence-corrected chi connectivity index (χ2v) is 5.17. The number of nitrogens with zero attached hydrogens (tertiary/aromatic N) is 2. The summed E-state index contributed by atoms with van der Waals surface area (Å²) in [5.41, 5.74) is 4.92. The molecule has 102 valence electrons. The lowest BCUT2D eigenvalue weighted by molar-refractivity contribution is -0.143. The van der Waals surface area contributed by atoms with Gasteiger partial charge in [-0.25, -0.2) is 0 Å². The second-order valence-electron chi connectivity index (χ2n) is 5.17. The fraction of sp³-hybridized carbons (Fsp3) is 0.833. The summed E-state index contributed by atoms with van der Waals surface area (Å²) in [6.45, 7) is 3.76. The smallest absolute Gasteiger partial charge is 0.236 e. The van der Waals surface area contributed by atoms with Gasteiger partial charge in [-0.3, -0.25) is 4.79 Å². The van der Waals surface area contributed by atoms with Crippen LogP contribution in [0.1, 0.15) is 32.6 Å². The number of hydrogen-bond donors (Lipinski definition) is 2. The van der Waals surface area contributed by atoms with Crippen molar-refractivity contribution in [2.45, 2.75) is 38.6 Å². The van der Waals surface area contributed by atoms with E-state index in [0.717, 1.165) is 19.4 Å². The number of carbonyl (C=O) groups is 1. The number of hydrogen-bond acceptors (Lipinski definition) is 4. The van der Waals surface area contributed by atoms with Crippen molar-refractivity contribution in [1.29, 1.82) is 0 Å². The Morgan fingerprint density at radius 2 is 2.17 bits per heavy atom. The summed E-state index contributed by atoms with van der Waals surface area (Å²) in [6.07, 6.45) is 3.03. The Bertz CT molecular complexity index is 350. The normalized spacial score (nSPS) is 28.4. The summed E-state index contributed by atoms with van der Waals surface area (Å²) in [7, 11) is 0. The predicted molar refractivity (Wildman–Crippen MR) is 66.3 cm³/mol. The van der Waals surface area contributed by atoms with E-state index < -0.39 is 5.41 Å². The lowest BCUT2D eigenvalue weighted by Gasteiger charge is -2.38. The van der Waals surface area contributed by atoms with Gasteiger partial charge < -0.3 is 20.6 Å². The molecule has 6 nitrogen and oxygen atoms in total. The summed E-state index contributed by atoms with van der Waals surface area (Å²) >= 11 is 0. The van der Waals surface area contributed by atoms with Crippen LogP contribution in [0.25, 0.3) is 0 Å². The maximum Gasteiger partial charge on any atom is 0.236 e. The molecule has 1 atom stereocenters. The SMILES string of the molecule is CC1CCCN1C(=O)C1(C(N)=NO)CCOCC1. The molecule has 0 aliphatic carbocycles. The third kappa shape index (κ3) is 2.05. The van der Waals surface area contributed by atoms with Crippen LogP contribution in [-0.4, -0.2) is 47.7 Å². The summed E-state index contributed by atoms with van der Waals surface area (Å²) in [6, 6.07) is 0.240. The second kappa shape index (κ2) is 5.14. The summed E-state index contributed by atoms with van der Waals surface area (Å²) < 4.78 is 5.30. The van der Waals surface area contributed by atoms with Crippen LogP contribution in [0, 0.1) is 5.41 Å². The van der Waals surface area contributed by atoms with Crippen molar-refractivity contribution in [1.82, 2.24) is 4.90 Å². The molecule has 0 radical (unpaired) electrons. The Morgan fingerprint density at radius 1 is 1.50 bits per heavy atom. The minimum atomic E-state index is -0.869. The first kappa shape index (κ1) is 13.1. The van der Waals surface area contributed by atoms with Crippen molar-refractivity contribution in [3.05, 3.63) is 0 Å². The van der Waals surface area contributed by atoms with E-state index in [0.29, 0.717) is 26.1 Å². The zero-order valence-corrected chi connectivity index (χ0v) is 10.8.